The second-order valence-electron chi connectivity index (χ2n) is 1.97. The van der Waals surface area contributed by atoms with Crippen LogP contribution in [0.3, 0.4) is 0 Å². The molecule has 7 heteroatoms. The van der Waals surface area contributed by atoms with Gasteiger partial charge in [-0.3, -0.25) is 0 Å². The molecule has 0 aromatic rings. The maximum absolute atomic E-state index is 10.4. The Morgan fingerprint density at radius 1 is 1.64 bits per heavy atom. The molecular weight excluding hydrogens is 168 g/mol. The first-order valence-electron chi connectivity index (χ1n) is 3.02. The largest absolute Gasteiger partial charge is 0.215 e. The van der Waals surface area contributed by atoms with Crippen molar-refractivity contribution >= 4 is 10.0 Å². The lowest BCUT2D eigenvalue weighted by molar-refractivity contribution is 0.585. The minimum atomic E-state index is -3.10. The Bertz CT molecular complexity index is 241. The van der Waals surface area contributed by atoms with Crippen LogP contribution in [0.25, 0.3) is 10.4 Å². The molecule has 64 valence electrons. The summed E-state index contributed by atoms with van der Waals surface area (Å²) >= 11 is 0. The van der Waals surface area contributed by atoms with Crippen molar-refractivity contribution in [2.75, 3.05) is 19.3 Å². The molecule has 0 bridgehead atoms. The summed E-state index contributed by atoms with van der Waals surface area (Å²) in [6.07, 6.45) is 1.61. The number of hydrogen-bond donors (Lipinski definition) is 1. The number of sulfonamides is 1. The van der Waals surface area contributed by atoms with Gasteiger partial charge in [-0.15, -0.1) is 0 Å². The lowest BCUT2D eigenvalue weighted by Crippen LogP contribution is -2.23. The first-order valence-corrected chi connectivity index (χ1v) is 4.91. The highest BCUT2D eigenvalue weighted by Crippen LogP contribution is 1.81. The van der Waals surface area contributed by atoms with Crippen LogP contribution in [0.5, 0.6) is 0 Å². The molecule has 0 unspecified atom stereocenters. The summed E-state index contributed by atoms with van der Waals surface area (Å²) in [7, 11) is -3.10. The summed E-state index contributed by atoms with van der Waals surface area (Å²) < 4.78 is 23.2. The van der Waals surface area contributed by atoms with E-state index in [1.807, 2.05) is 0 Å². The van der Waals surface area contributed by atoms with E-state index in [0.29, 0.717) is 19.5 Å². The summed E-state index contributed by atoms with van der Waals surface area (Å²) in [5, 5.41) is 3.24. The highest BCUT2D eigenvalue weighted by molar-refractivity contribution is 7.88. The molecule has 0 aromatic heterocycles. The van der Waals surface area contributed by atoms with Crippen molar-refractivity contribution in [3.63, 3.8) is 0 Å². The smallest absolute Gasteiger partial charge is 0.208 e. The Morgan fingerprint density at radius 2 is 2.27 bits per heavy atom. The van der Waals surface area contributed by atoms with Gasteiger partial charge >= 0.3 is 0 Å². The van der Waals surface area contributed by atoms with Gasteiger partial charge in [-0.05, 0) is 12.0 Å². The molecule has 0 spiro atoms. The summed E-state index contributed by atoms with van der Waals surface area (Å²) in [5.74, 6) is 0. The van der Waals surface area contributed by atoms with Crippen molar-refractivity contribution < 1.29 is 8.42 Å². The zero-order chi connectivity index (χ0) is 8.74. The van der Waals surface area contributed by atoms with Gasteiger partial charge in [0, 0.05) is 18.0 Å². The van der Waals surface area contributed by atoms with E-state index >= 15 is 0 Å². The fraction of sp³-hybridized carbons (Fsp3) is 1.00. The van der Waals surface area contributed by atoms with Crippen LogP contribution in [0.1, 0.15) is 6.42 Å². The number of nitrogens with zero attached hydrogens (tertiary/aromatic N) is 3. The second-order valence-corrected chi connectivity index (χ2v) is 3.81. The standard InChI is InChI=1S/C4H10N4O2S/c1-11(9,10)7-4-2-3-6-8-5/h7H,2-4H2,1H3. The highest BCUT2D eigenvalue weighted by Gasteiger charge is 1.96. The Morgan fingerprint density at radius 3 is 2.73 bits per heavy atom. The quantitative estimate of drug-likeness (QED) is 0.282. The van der Waals surface area contributed by atoms with E-state index in [2.05, 4.69) is 14.7 Å². The monoisotopic (exact) mass is 178 g/mol. The molecule has 6 nitrogen and oxygen atoms in total. The van der Waals surface area contributed by atoms with Gasteiger partial charge in [0.15, 0.2) is 0 Å². The predicted octanol–water partition coefficient (Wildman–Crippen LogP) is 0.236. The van der Waals surface area contributed by atoms with Crippen molar-refractivity contribution in [2.45, 2.75) is 6.42 Å². The van der Waals surface area contributed by atoms with Crippen molar-refractivity contribution in [3.8, 4) is 0 Å². The molecular formula is C4H10N4O2S. The van der Waals surface area contributed by atoms with E-state index in [9.17, 15) is 8.42 Å². The van der Waals surface area contributed by atoms with E-state index in [4.69, 9.17) is 5.53 Å². The molecule has 0 radical (unpaired) electrons. The molecule has 11 heavy (non-hydrogen) atoms. The Balaban J connectivity index is 3.36. The minimum Gasteiger partial charge on any atom is -0.215 e. The van der Waals surface area contributed by atoms with Crippen LogP contribution in [0, 0.1) is 0 Å². The van der Waals surface area contributed by atoms with Crippen LogP contribution < -0.4 is 4.72 Å². The molecule has 0 aliphatic heterocycles. The van der Waals surface area contributed by atoms with Crippen LogP contribution in [-0.2, 0) is 10.0 Å². The molecule has 0 aliphatic carbocycles. The normalized spacial score (nSPS) is 10.6. The molecule has 0 aromatic carbocycles. The third-order valence-corrected chi connectivity index (χ3v) is 1.59. The van der Waals surface area contributed by atoms with E-state index in [-0.39, 0.29) is 0 Å². The Labute approximate surface area is 65.3 Å². The van der Waals surface area contributed by atoms with Crippen molar-refractivity contribution in [3.05, 3.63) is 10.4 Å². The predicted molar refractivity (Wildman–Crippen MR) is 41.5 cm³/mol. The average Bonchev–Trinajstić information content (AvgIpc) is 1.85. The van der Waals surface area contributed by atoms with Crippen LogP contribution in [0.2, 0.25) is 0 Å². The number of azide groups is 1. The summed E-state index contributed by atoms with van der Waals surface area (Å²) in [4.78, 5) is 2.52. The molecule has 0 aliphatic rings. The molecule has 0 saturated carbocycles. The van der Waals surface area contributed by atoms with E-state index in [1.54, 1.807) is 0 Å². The lowest BCUT2D eigenvalue weighted by Gasteiger charge is -1.97. The van der Waals surface area contributed by atoms with Gasteiger partial charge in [0.25, 0.3) is 0 Å². The third-order valence-electron chi connectivity index (χ3n) is 0.862. The minimum absolute atomic E-state index is 0.317. The van der Waals surface area contributed by atoms with E-state index in [1.165, 1.54) is 0 Å². The van der Waals surface area contributed by atoms with E-state index in [0.717, 1.165) is 6.26 Å². The van der Waals surface area contributed by atoms with Crippen LogP contribution in [0.4, 0.5) is 0 Å². The van der Waals surface area contributed by atoms with Crippen molar-refractivity contribution in [1.82, 2.24) is 4.72 Å². The lowest BCUT2D eigenvalue weighted by atomic mass is 10.4. The van der Waals surface area contributed by atoms with Crippen LogP contribution in [0.15, 0.2) is 5.11 Å². The Hall–Kier alpha value is -0.780. The molecule has 0 saturated heterocycles. The maximum Gasteiger partial charge on any atom is 0.208 e. The second kappa shape index (κ2) is 4.95. The van der Waals surface area contributed by atoms with Gasteiger partial charge < -0.3 is 0 Å². The van der Waals surface area contributed by atoms with Gasteiger partial charge in [-0.1, -0.05) is 5.11 Å². The molecule has 0 fully saturated rings. The van der Waals surface area contributed by atoms with Gasteiger partial charge in [-0.25, -0.2) is 13.1 Å². The highest BCUT2D eigenvalue weighted by atomic mass is 32.2. The van der Waals surface area contributed by atoms with Gasteiger partial charge in [0.2, 0.25) is 10.0 Å². The number of rotatable bonds is 5. The molecule has 0 heterocycles. The SMILES string of the molecule is CS(=O)(=O)NCCCN=[N+]=[N-]. The molecule has 0 amide bonds. The summed E-state index contributed by atoms with van der Waals surface area (Å²) in [6.45, 7) is 0.636. The summed E-state index contributed by atoms with van der Waals surface area (Å²) in [6, 6.07) is 0. The summed E-state index contributed by atoms with van der Waals surface area (Å²) in [5.41, 5.74) is 7.85. The van der Waals surface area contributed by atoms with Gasteiger partial charge in [-0.2, -0.15) is 0 Å². The average molecular weight is 178 g/mol. The fourth-order valence-electron chi connectivity index (χ4n) is 0.452. The Kier molecular flexibility index (Phi) is 4.60. The van der Waals surface area contributed by atoms with Crippen molar-refractivity contribution in [2.24, 2.45) is 5.11 Å². The fourth-order valence-corrected chi connectivity index (χ4v) is 0.967. The van der Waals surface area contributed by atoms with Gasteiger partial charge in [0.1, 0.15) is 0 Å². The zero-order valence-electron chi connectivity index (χ0n) is 6.19. The molecule has 0 rings (SSSR count). The van der Waals surface area contributed by atoms with Crippen LogP contribution in [-0.4, -0.2) is 27.8 Å². The number of nitrogens with one attached hydrogen (secondary N) is 1. The van der Waals surface area contributed by atoms with Gasteiger partial charge in [0.05, 0.1) is 6.26 Å². The van der Waals surface area contributed by atoms with Crippen molar-refractivity contribution in [1.29, 1.82) is 0 Å². The maximum atomic E-state index is 10.4. The number of hydrogen-bond acceptors (Lipinski definition) is 3. The first kappa shape index (κ1) is 10.2. The first-order chi connectivity index (χ1) is 5.06. The van der Waals surface area contributed by atoms with Crippen LogP contribution >= 0.6 is 0 Å². The van der Waals surface area contributed by atoms with E-state index < -0.39 is 10.0 Å². The molecule has 0 atom stereocenters. The zero-order valence-corrected chi connectivity index (χ0v) is 7.00. The topological polar surface area (TPSA) is 94.9 Å². The molecule has 1 N–H and O–H groups in total. The third kappa shape index (κ3) is 9.22.